The van der Waals surface area contributed by atoms with E-state index >= 15 is 0 Å². The first-order valence-electron chi connectivity index (χ1n) is 17.7. The van der Waals surface area contributed by atoms with Crippen LogP contribution in [0.15, 0.2) is 0 Å². The van der Waals surface area contributed by atoms with Crippen molar-refractivity contribution in [2.24, 2.45) is 0 Å². The average Bonchev–Trinajstić information content (AvgIpc) is 2.88. The van der Waals surface area contributed by atoms with Crippen LogP contribution in [0, 0.1) is 0 Å². The summed E-state index contributed by atoms with van der Waals surface area (Å²) in [6.07, 6.45) is 41.5. The summed E-state index contributed by atoms with van der Waals surface area (Å²) in [6.45, 7) is 9.78. The van der Waals surface area contributed by atoms with Crippen LogP contribution in [0.3, 0.4) is 0 Å². The van der Waals surface area contributed by atoms with E-state index in [1.165, 1.54) is 167 Å². The van der Waals surface area contributed by atoms with Crippen LogP contribution >= 0.6 is 0 Å². The Labute approximate surface area is 233 Å². The van der Waals surface area contributed by atoms with Crippen LogP contribution in [0.1, 0.15) is 201 Å². The van der Waals surface area contributed by atoms with Crippen molar-refractivity contribution in [3.63, 3.8) is 0 Å². The fourth-order valence-corrected chi connectivity index (χ4v) is 10.2. The molecule has 0 aliphatic rings. The topological polar surface area (TPSA) is 0 Å². The molecular formula is C35H74Si. The molecule has 0 saturated carbocycles. The molecule has 0 aromatic heterocycles. The predicted molar refractivity (Wildman–Crippen MR) is 172 cm³/mol. The SMILES string of the molecule is CCCCCCCCCCCCCCCCCC[Si](C)(CCCCCC)CCCCCCCCCC. The minimum Gasteiger partial charge on any atom is -0.0691 e. The van der Waals surface area contributed by atoms with Gasteiger partial charge in [0.25, 0.3) is 0 Å². The maximum atomic E-state index is 2.78. The third kappa shape index (κ3) is 27.3. The van der Waals surface area contributed by atoms with Crippen molar-refractivity contribution < 1.29 is 0 Å². The van der Waals surface area contributed by atoms with Crippen LogP contribution in [0.25, 0.3) is 0 Å². The summed E-state index contributed by atoms with van der Waals surface area (Å²) in [5.41, 5.74) is 0. The molecule has 0 heterocycles. The summed E-state index contributed by atoms with van der Waals surface area (Å²) in [5.74, 6) is 0. The monoisotopic (exact) mass is 523 g/mol. The highest BCUT2D eigenvalue weighted by Crippen LogP contribution is 2.29. The zero-order valence-corrected chi connectivity index (χ0v) is 27.4. The predicted octanol–water partition coefficient (Wildman–Crippen LogP) is 14.0. The normalized spacial score (nSPS) is 13.3. The molecule has 0 fully saturated rings. The maximum Gasteiger partial charge on any atom is 0.0504 e. The van der Waals surface area contributed by atoms with Crippen LogP contribution < -0.4 is 0 Å². The van der Waals surface area contributed by atoms with E-state index in [1.807, 2.05) is 0 Å². The van der Waals surface area contributed by atoms with Gasteiger partial charge in [-0.1, -0.05) is 225 Å². The highest BCUT2D eigenvalue weighted by Gasteiger charge is 2.25. The number of rotatable bonds is 31. The Bertz CT molecular complexity index is 392. The first-order valence-corrected chi connectivity index (χ1v) is 20.8. The Morgan fingerprint density at radius 3 is 0.639 bits per heavy atom. The van der Waals surface area contributed by atoms with Crippen molar-refractivity contribution in [3.8, 4) is 0 Å². The average molecular weight is 523 g/mol. The molecule has 0 saturated heterocycles. The molecule has 0 spiro atoms. The molecule has 36 heavy (non-hydrogen) atoms. The zero-order valence-electron chi connectivity index (χ0n) is 26.4. The number of unbranched alkanes of at least 4 members (excludes halogenated alkanes) is 25. The van der Waals surface area contributed by atoms with Gasteiger partial charge in [-0.2, -0.15) is 0 Å². The lowest BCUT2D eigenvalue weighted by molar-refractivity contribution is 0.531. The van der Waals surface area contributed by atoms with Crippen LogP contribution in [0.2, 0.25) is 24.7 Å². The standard InChI is InChI=1S/C35H74Si/c1-5-8-11-14-16-18-19-20-21-22-23-24-25-27-29-32-35-36(4,33-30-13-10-7-3)34-31-28-26-17-15-12-9-6-2/h5-35H2,1-4H3. The molecule has 0 aromatic carbocycles. The van der Waals surface area contributed by atoms with Gasteiger partial charge in [0.15, 0.2) is 0 Å². The molecule has 1 heteroatoms. The largest absolute Gasteiger partial charge is 0.0691 e. The first-order chi connectivity index (χ1) is 17.7. The Hall–Kier alpha value is 0.217. The summed E-state index contributed by atoms with van der Waals surface area (Å²) in [4.78, 5) is 0. The van der Waals surface area contributed by atoms with Gasteiger partial charge in [-0.05, 0) is 0 Å². The molecule has 0 nitrogen and oxygen atoms in total. The van der Waals surface area contributed by atoms with Crippen LogP contribution in [-0.2, 0) is 0 Å². The zero-order chi connectivity index (χ0) is 26.4. The van der Waals surface area contributed by atoms with E-state index in [4.69, 9.17) is 0 Å². The van der Waals surface area contributed by atoms with Crippen molar-refractivity contribution in [2.45, 2.75) is 225 Å². The Morgan fingerprint density at radius 2 is 0.417 bits per heavy atom. The van der Waals surface area contributed by atoms with Gasteiger partial charge in [-0.3, -0.25) is 0 Å². The summed E-state index contributed by atoms with van der Waals surface area (Å²) < 4.78 is 0. The van der Waals surface area contributed by atoms with Gasteiger partial charge in [-0.15, -0.1) is 0 Å². The van der Waals surface area contributed by atoms with Crippen LogP contribution in [-0.4, -0.2) is 8.07 Å². The van der Waals surface area contributed by atoms with Gasteiger partial charge in [0.1, 0.15) is 0 Å². The first kappa shape index (κ1) is 36.2. The Balaban J connectivity index is 3.74. The smallest absolute Gasteiger partial charge is 0.0504 e. The summed E-state index contributed by atoms with van der Waals surface area (Å²) in [7, 11) is -0.988. The minimum atomic E-state index is -0.988. The summed E-state index contributed by atoms with van der Waals surface area (Å²) in [5, 5.41) is 0. The van der Waals surface area contributed by atoms with Gasteiger partial charge >= 0.3 is 0 Å². The van der Waals surface area contributed by atoms with E-state index in [0.717, 1.165) is 0 Å². The Morgan fingerprint density at radius 1 is 0.250 bits per heavy atom. The molecule has 1 unspecified atom stereocenters. The van der Waals surface area contributed by atoms with Crippen molar-refractivity contribution >= 4 is 8.07 Å². The van der Waals surface area contributed by atoms with Gasteiger partial charge in [0, 0.05) is 0 Å². The molecule has 0 radical (unpaired) electrons. The van der Waals surface area contributed by atoms with E-state index in [0.29, 0.717) is 0 Å². The third-order valence-corrected chi connectivity index (χ3v) is 13.6. The molecule has 0 aliphatic carbocycles. The molecule has 0 aliphatic heterocycles. The molecule has 0 rings (SSSR count). The fourth-order valence-electron chi connectivity index (χ4n) is 6.14. The van der Waals surface area contributed by atoms with Crippen molar-refractivity contribution in [2.75, 3.05) is 0 Å². The van der Waals surface area contributed by atoms with Gasteiger partial charge < -0.3 is 0 Å². The molecule has 0 bridgehead atoms. The third-order valence-electron chi connectivity index (χ3n) is 8.90. The molecule has 1 atom stereocenters. The lowest BCUT2D eigenvalue weighted by atomic mass is 10.0. The lowest BCUT2D eigenvalue weighted by Gasteiger charge is -2.28. The van der Waals surface area contributed by atoms with Gasteiger partial charge in [-0.25, -0.2) is 0 Å². The summed E-state index contributed by atoms with van der Waals surface area (Å²) in [6, 6.07) is 4.89. The Kier molecular flexibility index (Phi) is 29.9. The maximum absolute atomic E-state index is 2.78. The lowest BCUT2D eigenvalue weighted by Crippen LogP contribution is -2.29. The molecular weight excluding hydrogens is 448 g/mol. The number of hydrogen-bond acceptors (Lipinski definition) is 0. The van der Waals surface area contributed by atoms with Crippen LogP contribution in [0.5, 0.6) is 0 Å². The molecule has 0 aromatic rings. The fraction of sp³-hybridized carbons (Fsp3) is 1.00. The van der Waals surface area contributed by atoms with E-state index in [1.54, 1.807) is 31.0 Å². The van der Waals surface area contributed by atoms with Crippen molar-refractivity contribution in [1.29, 1.82) is 0 Å². The minimum absolute atomic E-state index is 0.988. The highest BCUT2D eigenvalue weighted by atomic mass is 28.3. The summed E-state index contributed by atoms with van der Waals surface area (Å²) >= 11 is 0. The van der Waals surface area contributed by atoms with E-state index in [-0.39, 0.29) is 0 Å². The number of hydrogen-bond donors (Lipinski definition) is 0. The van der Waals surface area contributed by atoms with Crippen molar-refractivity contribution in [3.05, 3.63) is 0 Å². The van der Waals surface area contributed by atoms with Gasteiger partial charge in [0.05, 0.1) is 8.07 Å². The second kappa shape index (κ2) is 29.8. The quantitative estimate of drug-likeness (QED) is 0.0627. The second-order valence-electron chi connectivity index (χ2n) is 12.9. The van der Waals surface area contributed by atoms with E-state index in [2.05, 4.69) is 27.3 Å². The molecule has 0 N–H and O–H groups in total. The highest BCUT2D eigenvalue weighted by molar-refractivity contribution is 6.78. The molecule has 0 amide bonds. The van der Waals surface area contributed by atoms with Gasteiger partial charge in [0.2, 0.25) is 0 Å². The molecule has 218 valence electrons. The van der Waals surface area contributed by atoms with Crippen LogP contribution in [0.4, 0.5) is 0 Å². The van der Waals surface area contributed by atoms with E-state index < -0.39 is 8.07 Å². The van der Waals surface area contributed by atoms with E-state index in [9.17, 15) is 0 Å². The second-order valence-corrected chi connectivity index (χ2v) is 18.0. The van der Waals surface area contributed by atoms with Crippen molar-refractivity contribution in [1.82, 2.24) is 0 Å².